The van der Waals surface area contributed by atoms with Gasteiger partial charge in [-0.3, -0.25) is 9.59 Å². The molecule has 0 radical (unpaired) electrons. The monoisotopic (exact) mass is 559 g/mol. The second-order valence-corrected chi connectivity index (χ2v) is 8.52. The standard InChI is InChI=1S/C27H22F5N5O3/c28-21-8-4-7-19(23(21)29)13-33-26(39)24-22(15-40-14-17-5-2-1-3-6-17)37(36-35-24)20-11-9-18(10-12-20)25(38)34-16-27(30,31)32/h1-12H,13-16H2,(H,33,39)(H,34,38). The number of carbonyl (C=O) groups excluding carboxylic acids is 2. The third-order valence-electron chi connectivity index (χ3n) is 5.62. The predicted octanol–water partition coefficient (Wildman–Crippen LogP) is 4.48. The summed E-state index contributed by atoms with van der Waals surface area (Å²) in [5, 5.41) is 12.2. The first-order valence-electron chi connectivity index (χ1n) is 11.8. The van der Waals surface area contributed by atoms with E-state index in [9.17, 15) is 31.5 Å². The fourth-order valence-electron chi connectivity index (χ4n) is 3.64. The molecule has 208 valence electrons. The minimum absolute atomic E-state index is 0.0231. The number of hydrogen-bond donors (Lipinski definition) is 2. The number of halogens is 5. The highest BCUT2D eigenvalue weighted by Crippen LogP contribution is 2.18. The summed E-state index contributed by atoms with van der Waals surface area (Å²) in [4.78, 5) is 25.0. The van der Waals surface area contributed by atoms with Crippen LogP contribution in [0.4, 0.5) is 22.0 Å². The molecule has 0 aliphatic rings. The van der Waals surface area contributed by atoms with E-state index in [0.717, 1.165) is 11.6 Å². The number of rotatable bonds is 10. The van der Waals surface area contributed by atoms with E-state index in [2.05, 4.69) is 15.6 Å². The number of amides is 2. The molecule has 0 saturated carbocycles. The highest BCUT2D eigenvalue weighted by Gasteiger charge is 2.28. The van der Waals surface area contributed by atoms with Gasteiger partial charge in [0.05, 0.1) is 18.9 Å². The van der Waals surface area contributed by atoms with Gasteiger partial charge in [0.1, 0.15) is 12.2 Å². The summed E-state index contributed by atoms with van der Waals surface area (Å²) in [7, 11) is 0. The van der Waals surface area contributed by atoms with Gasteiger partial charge in [-0.05, 0) is 35.9 Å². The summed E-state index contributed by atoms with van der Waals surface area (Å²) in [6.07, 6.45) is -4.55. The number of benzene rings is 3. The molecular weight excluding hydrogens is 537 g/mol. The Bertz CT molecular complexity index is 1470. The molecule has 0 unspecified atom stereocenters. The molecule has 2 N–H and O–H groups in total. The van der Waals surface area contributed by atoms with Gasteiger partial charge >= 0.3 is 6.18 Å². The van der Waals surface area contributed by atoms with Crippen molar-refractivity contribution in [3.05, 3.63) is 113 Å². The maximum Gasteiger partial charge on any atom is 0.405 e. The van der Waals surface area contributed by atoms with Crippen molar-refractivity contribution in [2.45, 2.75) is 25.9 Å². The zero-order valence-electron chi connectivity index (χ0n) is 20.7. The van der Waals surface area contributed by atoms with Gasteiger partial charge in [0.25, 0.3) is 11.8 Å². The normalized spacial score (nSPS) is 11.3. The first-order valence-corrected chi connectivity index (χ1v) is 11.8. The highest BCUT2D eigenvalue weighted by atomic mass is 19.4. The van der Waals surface area contributed by atoms with Crippen molar-refractivity contribution in [3.8, 4) is 5.69 Å². The van der Waals surface area contributed by atoms with Crippen molar-refractivity contribution in [1.29, 1.82) is 0 Å². The van der Waals surface area contributed by atoms with Crippen molar-refractivity contribution in [3.63, 3.8) is 0 Å². The van der Waals surface area contributed by atoms with Crippen LogP contribution < -0.4 is 10.6 Å². The molecule has 1 aromatic heterocycles. The van der Waals surface area contributed by atoms with E-state index in [1.165, 1.54) is 41.1 Å². The zero-order chi connectivity index (χ0) is 28.7. The molecule has 0 saturated heterocycles. The zero-order valence-corrected chi connectivity index (χ0v) is 20.7. The summed E-state index contributed by atoms with van der Waals surface area (Å²) < 4.78 is 71.9. The third-order valence-corrected chi connectivity index (χ3v) is 5.62. The van der Waals surface area contributed by atoms with E-state index in [1.807, 2.05) is 30.3 Å². The molecule has 4 rings (SSSR count). The molecule has 0 fully saturated rings. The second kappa shape index (κ2) is 12.5. The summed E-state index contributed by atoms with van der Waals surface area (Å²) in [6, 6.07) is 18.2. The van der Waals surface area contributed by atoms with Crippen molar-refractivity contribution in [2.24, 2.45) is 0 Å². The maximum atomic E-state index is 14.0. The van der Waals surface area contributed by atoms with Gasteiger partial charge < -0.3 is 15.4 Å². The van der Waals surface area contributed by atoms with Crippen LogP contribution in [0.3, 0.4) is 0 Å². The Labute approximate surface area is 224 Å². The Morgan fingerprint density at radius 3 is 2.27 bits per heavy atom. The van der Waals surface area contributed by atoms with Crippen LogP contribution in [-0.4, -0.2) is 39.5 Å². The lowest BCUT2D eigenvalue weighted by Crippen LogP contribution is -2.33. The average molecular weight is 559 g/mol. The van der Waals surface area contributed by atoms with Crippen LogP contribution in [0.5, 0.6) is 0 Å². The molecule has 0 aliphatic heterocycles. The molecule has 0 spiro atoms. The molecule has 3 aromatic carbocycles. The first-order chi connectivity index (χ1) is 19.1. The number of nitrogens with one attached hydrogen (secondary N) is 2. The Morgan fingerprint density at radius 2 is 1.57 bits per heavy atom. The van der Waals surface area contributed by atoms with Gasteiger partial charge in [0.2, 0.25) is 0 Å². The minimum Gasteiger partial charge on any atom is -0.370 e. The Balaban J connectivity index is 1.55. The van der Waals surface area contributed by atoms with Gasteiger partial charge in [-0.2, -0.15) is 13.2 Å². The molecule has 2 amide bonds. The van der Waals surface area contributed by atoms with E-state index in [-0.39, 0.29) is 42.3 Å². The molecule has 1 heterocycles. The van der Waals surface area contributed by atoms with Crippen LogP contribution >= 0.6 is 0 Å². The number of alkyl halides is 3. The third kappa shape index (κ3) is 7.26. The SMILES string of the molecule is O=C(NCC(F)(F)F)c1ccc(-n2nnc(C(=O)NCc3cccc(F)c3F)c2COCc2ccccc2)cc1. The highest BCUT2D eigenvalue weighted by molar-refractivity contribution is 5.94. The lowest BCUT2D eigenvalue weighted by Gasteiger charge is -2.11. The van der Waals surface area contributed by atoms with Crippen LogP contribution in [-0.2, 0) is 24.5 Å². The Hall–Kier alpha value is -4.65. The second-order valence-electron chi connectivity index (χ2n) is 8.52. The number of nitrogens with zero attached hydrogens (tertiary/aromatic N) is 3. The molecular formula is C27H22F5N5O3. The molecule has 0 bridgehead atoms. The van der Waals surface area contributed by atoms with E-state index in [1.54, 1.807) is 5.32 Å². The summed E-state index contributed by atoms with van der Waals surface area (Å²) in [5.41, 5.74) is 1.18. The molecule has 8 nitrogen and oxygen atoms in total. The van der Waals surface area contributed by atoms with Crippen LogP contribution in [0.1, 0.15) is 37.7 Å². The Kier molecular flexibility index (Phi) is 8.84. The first kappa shape index (κ1) is 28.4. The Morgan fingerprint density at radius 1 is 0.850 bits per heavy atom. The minimum atomic E-state index is -4.55. The van der Waals surface area contributed by atoms with Crippen molar-refractivity contribution in [2.75, 3.05) is 6.54 Å². The number of hydrogen-bond acceptors (Lipinski definition) is 5. The van der Waals surface area contributed by atoms with Gasteiger partial charge in [0.15, 0.2) is 17.3 Å². The van der Waals surface area contributed by atoms with Crippen LogP contribution in [0.15, 0.2) is 72.8 Å². The fourth-order valence-corrected chi connectivity index (χ4v) is 3.64. The smallest absolute Gasteiger partial charge is 0.370 e. The van der Waals surface area contributed by atoms with Crippen molar-refractivity contribution >= 4 is 11.8 Å². The van der Waals surface area contributed by atoms with E-state index >= 15 is 0 Å². The van der Waals surface area contributed by atoms with Crippen LogP contribution in [0.25, 0.3) is 5.69 Å². The summed E-state index contributed by atoms with van der Waals surface area (Å²) in [5.74, 6) is -3.78. The average Bonchev–Trinajstić information content (AvgIpc) is 3.36. The van der Waals surface area contributed by atoms with Crippen LogP contribution in [0.2, 0.25) is 0 Å². The number of ether oxygens (including phenoxy) is 1. The topological polar surface area (TPSA) is 98.1 Å². The molecule has 0 atom stereocenters. The van der Waals surface area contributed by atoms with E-state index in [0.29, 0.717) is 5.69 Å². The largest absolute Gasteiger partial charge is 0.405 e. The summed E-state index contributed by atoms with van der Waals surface area (Å²) >= 11 is 0. The lowest BCUT2D eigenvalue weighted by atomic mass is 10.2. The molecule has 0 aliphatic carbocycles. The van der Waals surface area contributed by atoms with Crippen molar-refractivity contribution in [1.82, 2.24) is 25.6 Å². The van der Waals surface area contributed by atoms with E-state index in [4.69, 9.17) is 4.74 Å². The lowest BCUT2D eigenvalue weighted by molar-refractivity contribution is -0.123. The van der Waals surface area contributed by atoms with Crippen molar-refractivity contribution < 1.29 is 36.3 Å². The van der Waals surface area contributed by atoms with Crippen LogP contribution in [0, 0.1) is 11.6 Å². The fraction of sp³-hybridized carbons (Fsp3) is 0.185. The molecule has 4 aromatic rings. The van der Waals surface area contributed by atoms with E-state index < -0.39 is 36.2 Å². The van der Waals surface area contributed by atoms with Gasteiger partial charge in [0, 0.05) is 17.7 Å². The van der Waals surface area contributed by atoms with Gasteiger partial charge in [-0.1, -0.05) is 47.7 Å². The number of carbonyl (C=O) groups is 2. The quantitative estimate of drug-likeness (QED) is 0.279. The molecule has 13 heteroatoms. The molecule has 40 heavy (non-hydrogen) atoms. The summed E-state index contributed by atoms with van der Waals surface area (Å²) in [6.45, 7) is -1.73. The predicted molar refractivity (Wildman–Crippen MR) is 132 cm³/mol. The number of aromatic nitrogens is 3. The van der Waals surface area contributed by atoms with Gasteiger partial charge in [-0.15, -0.1) is 5.10 Å². The maximum absolute atomic E-state index is 14.0. The van der Waals surface area contributed by atoms with Gasteiger partial charge in [-0.25, -0.2) is 13.5 Å².